The van der Waals surface area contributed by atoms with Gasteiger partial charge in [0.2, 0.25) is 5.91 Å². The largest absolute Gasteiger partial charge is 0.381 e. The minimum atomic E-state index is 0. The summed E-state index contributed by atoms with van der Waals surface area (Å²) in [5.41, 5.74) is 0. The third kappa shape index (κ3) is 3.92. The van der Waals surface area contributed by atoms with Crippen LogP contribution >= 0.6 is 12.4 Å². The summed E-state index contributed by atoms with van der Waals surface area (Å²) >= 11 is 0. The molecule has 0 aromatic heterocycles. The number of ether oxygens (including phenoxy) is 1. The van der Waals surface area contributed by atoms with Crippen molar-refractivity contribution < 1.29 is 9.53 Å². The predicted molar refractivity (Wildman–Crippen MR) is 64.8 cm³/mol. The van der Waals surface area contributed by atoms with Crippen LogP contribution in [0.1, 0.15) is 19.3 Å². The van der Waals surface area contributed by atoms with Gasteiger partial charge in [-0.25, -0.2) is 0 Å². The highest BCUT2D eigenvalue weighted by molar-refractivity contribution is 5.85. The molecule has 1 amide bonds. The van der Waals surface area contributed by atoms with E-state index in [0.717, 1.165) is 52.1 Å². The number of halogens is 1. The van der Waals surface area contributed by atoms with E-state index in [2.05, 4.69) is 10.6 Å². The highest BCUT2D eigenvalue weighted by Gasteiger charge is 2.22. The standard InChI is InChI=1S/C11H20N2O2.ClH/c14-11(10-2-1-4-12-7-10)13-6-9-3-5-15-8-9;/h9-10,12H,1-8H2,(H,13,14);1H/t9?,10-;/m1./s1. The van der Waals surface area contributed by atoms with Gasteiger partial charge < -0.3 is 15.4 Å². The number of nitrogens with one attached hydrogen (secondary N) is 2. The molecule has 0 radical (unpaired) electrons. The Morgan fingerprint density at radius 2 is 2.31 bits per heavy atom. The van der Waals surface area contributed by atoms with Crippen LogP contribution in [0.25, 0.3) is 0 Å². The van der Waals surface area contributed by atoms with Gasteiger partial charge in [-0.1, -0.05) is 0 Å². The summed E-state index contributed by atoms with van der Waals surface area (Å²) in [6, 6.07) is 0. The van der Waals surface area contributed by atoms with Crippen molar-refractivity contribution in [2.75, 3.05) is 32.8 Å². The van der Waals surface area contributed by atoms with Gasteiger partial charge in [0.15, 0.2) is 0 Å². The van der Waals surface area contributed by atoms with Crippen LogP contribution in [0, 0.1) is 11.8 Å². The molecule has 2 aliphatic rings. The van der Waals surface area contributed by atoms with Gasteiger partial charge in [0.05, 0.1) is 12.5 Å². The van der Waals surface area contributed by atoms with Gasteiger partial charge in [-0.15, -0.1) is 12.4 Å². The number of rotatable bonds is 3. The summed E-state index contributed by atoms with van der Waals surface area (Å²) in [6.07, 6.45) is 3.23. The van der Waals surface area contributed by atoms with E-state index in [1.165, 1.54) is 0 Å². The fourth-order valence-corrected chi connectivity index (χ4v) is 2.21. The van der Waals surface area contributed by atoms with Gasteiger partial charge in [0.25, 0.3) is 0 Å². The van der Waals surface area contributed by atoms with E-state index in [9.17, 15) is 4.79 Å². The average Bonchev–Trinajstić information content (AvgIpc) is 2.80. The van der Waals surface area contributed by atoms with Crippen LogP contribution in [0.5, 0.6) is 0 Å². The van der Waals surface area contributed by atoms with Gasteiger partial charge in [-0.3, -0.25) is 4.79 Å². The highest BCUT2D eigenvalue weighted by atomic mass is 35.5. The number of piperidine rings is 1. The smallest absolute Gasteiger partial charge is 0.224 e. The summed E-state index contributed by atoms with van der Waals surface area (Å²) in [7, 11) is 0. The molecule has 2 N–H and O–H groups in total. The molecule has 5 heteroatoms. The summed E-state index contributed by atoms with van der Waals surface area (Å²) in [6.45, 7) is 4.34. The molecule has 16 heavy (non-hydrogen) atoms. The molecule has 0 aromatic rings. The molecule has 2 rings (SSSR count). The zero-order valence-corrected chi connectivity index (χ0v) is 10.4. The topological polar surface area (TPSA) is 50.4 Å². The number of carbonyl (C=O) groups excluding carboxylic acids is 1. The molecule has 2 heterocycles. The zero-order valence-electron chi connectivity index (χ0n) is 9.54. The van der Waals surface area contributed by atoms with Crippen molar-refractivity contribution in [3.05, 3.63) is 0 Å². The van der Waals surface area contributed by atoms with Crippen molar-refractivity contribution in [3.8, 4) is 0 Å². The van der Waals surface area contributed by atoms with E-state index in [1.54, 1.807) is 0 Å². The lowest BCUT2D eigenvalue weighted by Gasteiger charge is -2.22. The quantitative estimate of drug-likeness (QED) is 0.768. The van der Waals surface area contributed by atoms with Gasteiger partial charge in [-0.2, -0.15) is 0 Å². The normalized spacial score (nSPS) is 29.5. The molecule has 0 aromatic carbocycles. The van der Waals surface area contributed by atoms with Crippen LogP contribution in [-0.4, -0.2) is 38.8 Å². The number of carbonyl (C=O) groups is 1. The van der Waals surface area contributed by atoms with Gasteiger partial charge in [-0.05, 0) is 25.8 Å². The van der Waals surface area contributed by atoms with Crippen molar-refractivity contribution in [2.24, 2.45) is 11.8 Å². The molecule has 2 aliphatic heterocycles. The van der Waals surface area contributed by atoms with E-state index in [-0.39, 0.29) is 24.2 Å². The van der Waals surface area contributed by atoms with Crippen molar-refractivity contribution in [1.82, 2.24) is 10.6 Å². The van der Waals surface area contributed by atoms with Crippen LogP contribution in [0.2, 0.25) is 0 Å². The van der Waals surface area contributed by atoms with E-state index in [4.69, 9.17) is 4.74 Å². The summed E-state index contributed by atoms with van der Waals surface area (Å²) in [5, 5.41) is 6.29. The molecular weight excluding hydrogens is 228 g/mol. The molecular formula is C11H21ClN2O2. The Hall–Kier alpha value is -0.320. The SMILES string of the molecule is Cl.O=C(NCC1CCOC1)[C@@H]1CCCNC1. The van der Waals surface area contributed by atoms with E-state index in [1.807, 2.05) is 0 Å². The third-order valence-electron chi connectivity index (χ3n) is 3.26. The van der Waals surface area contributed by atoms with Crippen molar-refractivity contribution in [1.29, 1.82) is 0 Å². The van der Waals surface area contributed by atoms with Crippen molar-refractivity contribution >= 4 is 18.3 Å². The molecule has 0 aliphatic carbocycles. The molecule has 0 spiro atoms. The Morgan fingerprint density at radius 1 is 1.44 bits per heavy atom. The third-order valence-corrected chi connectivity index (χ3v) is 3.26. The number of amides is 1. The first-order chi connectivity index (χ1) is 7.36. The summed E-state index contributed by atoms with van der Waals surface area (Å²) in [5.74, 6) is 0.931. The maximum absolute atomic E-state index is 11.8. The first kappa shape index (κ1) is 13.7. The Morgan fingerprint density at radius 3 is 2.94 bits per heavy atom. The Kier molecular flexibility index (Phi) is 6.09. The molecule has 1 unspecified atom stereocenters. The highest BCUT2D eigenvalue weighted by Crippen LogP contribution is 2.13. The average molecular weight is 249 g/mol. The minimum Gasteiger partial charge on any atom is -0.381 e. The van der Waals surface area contributed by atoms with Crippen molar-refractivity contribution in [2.45, 2.75) is 19.3 Å². The molecule has 2 fully saturated rings. The van der Waals surface area contributed by atoms with Gasteiger partial charge >= 0.3 is 0 Å². The second kappa shape index (κ2) is 7.09. The van der Waals surface area contributed by atoms with Crippen LogP contribution in [0.15, 0.2) is 0 Å². The van der Waals surface area contributed by atoms with Gasteiger partial charge in [0, 0.05) is 25.6 Å². The lowest BCUT2D eigenvalue weighted by atomic mass is 9.98. The predicted octanol–water partition coefficient (Wildman–Crippen LogP) is 0.560. The van der Waals surface area contributed by atoms with Crippen LogP contribution in [0.3, 0.4) is 0 Å². The molecule has 94 valence electrons. The summed E-state index contributed by atoms with van der Waals surface area (Å²) < 4.78 is 5.27. The second-order valence-electron chi connectivity index (χ2n) is 4.52. The minimum absolute atomic E-state index is 0. The maximum Gasteiger partial charge on any atom is 0.224 e. The maximum atomic E-state index is 11.8. The fraction of sp³-hybridized carbons (Fsp3) is 0.909. The lowest BCUT2D eigenvalue weighted by molar-refractivity contribution is -0.125. The lowest BCUT2D eigenvalue weighted by Crippen LogP contribution is -2.42. The van der Waals surface area contributed by atoms with Crippen LogP contribution in [0.4, 0.5) is 0 Å². The molecule has 4 nitrogen and oxygen atoms in total. The Labute approximate surface area is 103 Å². The van der Waals surface area contributed by atoms with E-state index < -0.39 is 0 Å². The Balaban J connectivity index is 0.00000128. The molecule has 2 atom stereocenters. The molecule has 2 saturated heterocycles. The monoisotopic (exact) mass is 248 g/mol. The molecule has 0 bridgehead atoms. The van der Waals surface area contributed by atoms with Crippen LogP contribution < -0.4 is 10.6 Å². The van der Waals surface area contributed by atoms with E-state index in [0.29, 0.717) is 5.92 Å². The first-order valence-corrected chi connectivity index (χ1v) is 5.92. The van der Waals surface area contributed by atoms with E-state index >= 15 is 0 Å². The second-order valence-corrected chi connectivity index (χ2v) is 4.52. The van der Waals surface area contributed by atoms with Gasteiger partial charge in [0.1, 0.15) is 0 Å². The van der Waals surface area contributed by atoms with Crippen molar-refractivity contribution in [3.63, 3.8) is 0 Å². The summed E-state index contributed by atoms with van der Waals surface area (Å²) in [4.78, 5) is 11.8. The van der Waals surface area contributed by atoms with Crippen LogP contribution in [-0.2, 0) is 9.53 Å². The number of hydrogen-bond donors (Lipinski definition) is 2. The fourth-order valence-electron chi connectivity index (χ4n) is 2.21. The Bertz CT molecular complexity index is 214. The first-order valence-electron chi connectivity index (χ1n) is 5.92. The zero-order chi connectivity index (χ0) is 10.5. The number of hydrogen-bond acceptors (Lipinski definition) is 3. The molecule has 0 saturated carbocycles.